The van der Waals surface area contributed by atoms with E-state index in [2.05, 4.69) is 28.2 Å². The van der Waals surface area contributed by atoms with Gasteiger partial charge in [-0.1, -0.05) is 20.3 Å². The average molecular weight is 303 g/mol. The summed E-state index contributed by atoms with van der Waals surface area (Å²) in [6.45, 7) is 4.70. The minimum atomic E-state index is -0.532. The van der Waals surface area contributed by atoms with E-state index in [0.29, 0.717) is 22.5 Å². The molecule has 0 bridgehead atoms. The van der Waals surface area contributed by atoms with Crippen LogP contribution in [0.15, 0.2) is 16.6 Å². The van der Waals surface area contributed by atoms with Crippen LogP contribution in [-0.2, 0) is 0 Å². The highest BCUT2D eigenvalue weighted by Gasteiger charge is 2.13. The van der Waals surface area contributed by atoms with Crippen molar-refractivity contribution in [3.8, 4) is 0 Å². The molecule has 0 aliphatic carbocycles. The normalized spacial score (nSPS) is 12.2. The van der Waals surface area contributed by atoms with Gasteiger partial charge in [0, 0.05) is 11.0 Å². The van der Waals surface area contributed by atoms with Crippen molar-refractivity contribution in [3.63, 3.8) is 0 Å². The number of halogens is 2. The molecule has 0 fully saturated rings. The molecule has 5 heteroatoms. The summed E-state index contributed by atoms with van der Waals surface area (Å²) < 4.78 is 13.5. The van der Waals surface area contributed by atoms with Gasteiger partial charge in [-0.05, 0) is 34.0 Å². The third-order valence-corrected chi connectivity index (χ3v) is 3.30. The summed E-state index contributed by atoms with van der Waals surface area (Å²) in [5, 5.41) is 2.79. The van der Waals surface area contributed by atoms with Crippen LogP contribution in [0.25, 0.3) is 0 Å². The number of amides is 1. The first-order chi connectivity index (χ1) is 7.95. The Morgan fingerprint density at radius 1 is 1.59 bits per heavy atom. The lowest BCUT2D eigenvalue weighted by atomic mass is 10.1. The van der Waals surface area contributed by atoms with Gasteiger partial charge in [-0.25, -0.2) is 4.39 Å². The minimum absolute atomic E-state index is 0.0260. The molecule has 0 aliphatic rings. The second-order valence-corrected chi connectivity index (χ2v) is 4.93. The van der Waals surface area contributed by atoms with Crippen LogP contribution in [0.5, 0.6) is 0 Å². The lowest BCUT2D eigenvalue weighted by Crippen LogP contribution is -2.28. The van der Waals surface area contributed by atoms with Crippen molar-refractivity contribution >= 4 is 27.5 Å². The predicted octanol–water partition coefficient (Wildman–Crippen LogP) is 2.95. The predicted molar refractivity (Wildman–Crippen MR) is 70.3 cm³/mol. The summed E-state index contributed by atoms with van der Waals surface area (Å²) in [7, 11) is 0. The summed E-state index contributed by atoms with van der Waals surface area (Å²) in [5.74, 6) is -0.366. The molecule has 1 unspecified atom stereocenters. The number of carbonyl (C=O) groups excluding carboxylic acids is 1. The molecule has 1 aromatic carbocycles. The fraction of sp³-hybridized carbons (Fsp3) is 0.417. The maximum absolute atomic E-state index is 13.1. The molecule has 1 rings (SSSR count). The number of benzene rings is 1. The Morgan fingerprint density at radius 3 is 2.82 bits per heavy atom. The maximum Gasteiger partial charge on any atom is 0.252 e. The Balaban J connectivity index is 2.79. The van der Waals surface area contributed by atoms with Crippen molar-refractivity contribution in [1.82, 2.24) is 5.32 Å². The molecule has 17 heavy (non-hydrogen) atoms. The second kappa shape index (κ2) is 6.00. The van der Waals surface area contributed by atoms with Crippen LogP contribution in [0.2, 0.25) is 0 Å². The summed E-state index contributed by atoms with van der Waals surface area (Å²) in [5.41, 5.74) is 5.76. The number of hydrogen-bond acceptors (Lipinski definition) is 2. The van der Waals surface area contributed by atoms with Gasteiger partial charge in [0.25, 0.3) is 5.91 Å². The molecule has 3 N–H and O–H groups in total. The molecular weight excluding hydrogens is 287 g/mol. The number of carbonyl (C=O) groups is 1. The first kappa shape index (κ1) is 14.0. The van der Waals surface area contributed by atoms with Crippen molar-refractivity contribution < 1.29 is 9.18 Å². The molecule has 1 aromatic rings. The third kappa shape index (κ3) is 3.70. The SMILES string of the molecule is CCC(C)CNC(=O)c1cc(N)c(F)cc1Br. The lowest BCUT2D eigenvalue weighted by molar-refractivity contribution is 0.0947. The Bertz CT molecular complexity index is 423. The number of nitrogens with two attached hydrogens (primary N) is 1. The van der Waals surface area contributed by atoms with Crippen molar-refractivity contribution in [3.05, 3.63) is 28.0 Å². The Hall–Kier alpha value is -1.10. The highest BCUT2D eigenvalue weighted by molar-refractivity contribution is 9.10. The molecule has 3 nitrogen and oxygen atoms in total. The zero-order valence-electron chi connectivity index (χ0n) is 9.89. The Labute approximate surface area is 109 Å². The highest BCUT2D eigenvalue weighted by Crippen LogP contribution is 2.22. The Morgan fingerprint density at radius 2 is 2.24 bits per heavy atom. The van der Waals surface area contributed by atoms with E-state index in [-0.39, 0.29) is 11.6 Å². The summed E-state index contributed by atoms with van der Waals surface area (Å²) >= 11 is 3.15. The molecular formula is C12H16BrFN2O. The van der Waals surface area contributed by atoms with Gasteiger partial charge in [0.15, 0.2) is 0 Å². The van der Waals surface area contributed by atoms with Crippen molar-refractivity contribution in [1.29, 1.82) is 0 Å². The number of rotatable bonds is 4. The first-order valence-corrected chi connectivity index (χ1v) is 6.27. The minimum Gasteiger partial charge on any atom is -0.396 e. The molecule has 94 valence electrons. The fourth-order valence-electron chi connectivity index (χ4n) is 1.25. The summed E-state index contributed by atoms with van der Waals surface area (Å²) in [4.78, 5) is 11.8. The standard InChI is InChI=1S/C12H16BrFN2O/c1-3-7(2)6-16-12(17)8-4-11(15)10(14)5-9(8)13/h4-5,7H,3,6,15H2,1-2H3,(H,16,17). The van der Waals surface area contributed by atoms with E-state index >= 15 is 0 Å². The van der Waals surface area contributed by atoms with Crippen molar-refractivity contribution in [2.24, 2.45) is 5.92 Å². The molecule has 0 radical (unpaired) electrons. The molecule has 0 heterocycles. The number of nitrogen functional groups attached to an aromatic ring is 1. The maximum atomic E-state index is 13.1. The van der Waals surface area contributed by atoms with Gasteiger partial charge in [0.05, 0.1) is 11.3 Å². The van der Waals surface area contributed by atoms with E-state index in [0.717, 1.165) is 6.42 Å². The molecule has 1 amide bonds. The van der Waals surface area contributed by atoms with Crippen LogP contribution in [0.3, 0.4) is 0 Å². The molecule has 0 aromatic heterocycles. The monoisotopic (exact) mass is 302 g/mol. The quantitative estimate of drug-likeness (QED) is 0.840. The molecule has 0 saturated heterocycles. The zero-order valence-corrected chi connectivity index (χ0v) is 11.5. The van der Waals surface area contributed by atoms with Gasteiger partial charge in [-0.15, -0.1) is 0 Å². The largest absolute Gasteiger partial charge is 0.396 e. The zero-order chi connectivity index (χ0) is 13.0. The van der Waals surface area contributed by atoms with Crippen LogP contribution in [0, 0.1) is 11.7 Å². The highest BCUT2D eigenvalue weighted by atomic mass is 79.9. The molecule has 1 atom stereocenters. The number of anilines is 1. The van der Waals surface area contributed by atoms with Gasteiger partial charge in [-0.3, -0.25) is 4.79 Å². The first-order valence-electron chi connectivity index (χ1n) is 5.48. The van der Waals surface area contributed by atoms with E-state index in [4.69, 9.17) is 5.73 Å². The van der Waals surface area contributed by atoms with Crippen LogP contribution in [0.4, 0.5) is 10.1 Å². The second-order valence-electron chi connectivity index (χ2n) is 4.08. The number of nitrogens with one attached hydrogen (secondary N) is 1. The topological polar surface area (TPSA) is 55.1 Å². The van der Waals surface area contributed by atoms with E-state index in [1.54, 1.807) is 0 Å². The van der Waals surface area contributed by atoms with Gasteiger partial charge < -0.3 is 11.1 Å². The van der Waals surface area contributed by atoms with Crippen LogP contribution >= 0.6 is 15.9 Å². The van der Waals surface area contributed by atoms with E-state index < -0.39 is 5.82 Å². The number of hydrogen-bond donors (Lipinski definition) is 2. The third-order valence-electron chi connectivity index (χ3n) is 2.64. The van der Waals surface area contributed by atoms with Gasteiger partial charge in [0.2, 0.25) is 0 Å². The van der Waals surface area contributed by atoms with Gasteiger partial charge in [0.1, 0.15) is 5.82 Å². The fourth-order valence-corrected chi connectivity index (χ4v) is 1.74. The van der Waals surface area contributed by atoms with Gasteiger partial charge in [-0.2, -0.15) is 0 Å². The average Bonchev–Trinajstić information content (AvgIpc) is 2.30. The van der Waals surface area contributed by atoms with E-state index in [1.807, 2.05) is 6.92 Å². The lowest BCUT2D eigenvalue weighted by Gasteiger charge is -2.11. The van der Waals surface area contributed by atoms with Crippen LogP contribution < -0.4 is 11.1 Å². The van der Waals surface area contributed by atoms with Crippen LogP contribution in [-0.4, -0.2) is 12.5 Å². The van der Waals surface area contributed by atoms with Crippen molar-refractivity contribution in [2.45, 2.75) is 20.3 Å². The molecule has 0 aliphatic heterocycles. The summed E-state index contributed by atoms with van der Waals surface area (Å²) in [6, 6.07) is 2.54. The van der Waals surface area contributed by atoms with Gasteiger partial charge >= 0.3 is 0 Å². The smallest absolute Gasteiger partial charge is 0.252 e. The van der Waals surface area contributed by atoms with Crippen molar-refractivity contribution in [2.75, 3.05) is 12.3 Å². The van der Waals surface area contributed by atoms with Crippen LogP contribution in [0.1, 0.15) is 30.6 Å². The molecule has 0 saturated carbocycles. The van der Waals surface area contributed by atoms with E-state index in [9.17, 15) is 9.18 Å². The molecule has 0 spiro atoms. The Kier molecular flexibility index (Phi) is 4.93. The summed E-state index contributed by atoms with van der Waals surface area (Å²) in [6.07, 6.45) is 0.993. The van der Waals surface area contributed by atoms with E-state index in [1.165, 1.54) is 12.1 Å².